The van der Waals surface area contributed by atoms with Crippen molar-refractivity contribution in [1.29, 1.82) is 0 Å². The first kappa shape index (κ1) is 18.7. The Bertz CT molecular complexity index is 1180. The lowest BCUT2D eigenvalue weighted by atomic mass is 10.1. The van der Waals surface area contributed by atoms with E-state index in [1.807, 2.05) is 63.2 Å². The molecule has 0 aliphatic carbocycles. The van der Waals surface area contributed by atoms with Gasteiger partial charge in [0.05, 0.1) is 0 Å². The van der Waals surface area contributed by atoms with Gasteiger partial charge in [-0.15, -0.1) is 0 Å². The van der Waals surface area contributed by atoms with Gasteiger partial charge in [-0.2, -0.15) is 0 Å². The van der Waals surface area contributed by atoms with Gasteiger partial charge >= 0.3 is 0 Å². The van der Waals surface area contributed by atoms with Gasteiger partial charge in [0, 0.05) is 11.3 Å². The molecule has 146 valence electrons. The quantitative estimate of drug-likeness (QED) is 0.496. The summed E-state index contributed by atoms with van der Waals surface area (Å²) in [7, 11) is 0. The van der Waals surface area contributed by atoms with Crippen LogP contribution in [0.4, 0.5) is 5.69 Å². The Hall–Kier alpha value is -3.60. The van der Waals surface area contributed by atoms with Gasteiger partial charge in [-0.3, -0.25) is 4.79 Å². The number of hydrogen-bond acceptors (Lipinski definition) is 4. The molecule has 1 aromatic heterocycles. The molecule has 4 rings (SSSR count). The first-order valence-electron chi connectivity index (χ1n) is 9.46. The van der Waals surface area contributed by atoms with Crippen molar-refractivity contribution in [3.05, 3.63) is 77.4 Å². The van der Waals surface area contributed by atoms with E-state index in [1.54, 1.807) is 18.2 Å². The van der Waals surface area contributed by atoms with Crippen molar-refractivity contribution in [3.8, 4) is 17.2 Å². The zero-order chi connectivity index (χ0) is 20.4. The lowest BCUT2D eigenvalue weighted by Gasteiger charge is -2.11. The maximum absolute atomic E-state index is 12.3. The van der Waals surface area contributed by atoms with E-state index < -0.39 is 0 Å². The van der Waals surface area contributed by atoms with Crippen molar-refractivity contribution in [2.75, 3.05) is 11.9 Å². The number of rotatable bonds is 5. The minimum absolute atomic E-state index is 0.0598. The molecule has 3 aromatic carbocycles. The van der Waals surface area contributed by atoms with Crippen LogP contribution in [0.15, 0.2) is 65.1 Å². The van der Waals surface area contributed by atoms with E-state index in [0.29, 0.717) is 22.7 Å². The van der Waals surface area contributed by atoms with E-state index >= 15 is 0 Å². The van der Waals surface area contributed by atoms with Gasteiger partial charge in [0.25, 0.3) is 5.91 Å². The predicted molar refractivity (Wildman–Crippen MR) is 114 cm³/mol. The van der Waals surface area contributed by atoms with Crippen LogP contribution in [-0.4, -0.2) is 17.5 Å². The van der Waals surface area contributed by atoms with Crippen molar-refractivity contribution in [1.82, 2.24) is 4.98 Å². The van der Waals surface area contributed by atoms with Gasteiger partial charge < -0.3 is 14.5 Å². The van der Waals surface area contributed by atoms with Gasteiger partial charge in [0.2, 0.25) is 5.89 Å². The molecule has 0 saturated carbocycles. The molecule has 29 heavy (non-hydrogen) atoms. The lowest BCUT2D eigenvalue weighted by Crippen LogP contribution is -2.20. The number of carbonyl (C=O) groups is 1. The Labute approximate surface area is 169 Å². The number of benzene rings is 3. The molecular formula is C24H22N2O3. The van der Waals surface area contributed by atoms with Crippen LogP contribution in [0, 0.1) is 20.8 Å². The Morgan fingerprint density at radius 2 is 1.83 bits per heavy atom. The number of carbonyl (C=O) groups excluding carboxylic acids is 1. The lowest BCUT2D eigenvalue weighted by molar-refractivity contribution is -0.118. The third-order valence-electron chi connectivity index (χ3n) is 4.88. The Balaban J connectivity index is 1.46. The fourth-order valence-electron chi connectivity index (χ4n) is 3.05. The Morgan fingerprint density at radius 1 is 1.03 bits per heavy atom. The van der Waals surface area contributed by atoms with Crippen molar-refractivity contribution in [3.63, 3.8) is 0 Å². The maximum Gasteiger partial charge on any atom is 0.262 e. The number of anilines is 1. The number of hydrogen-bond donors (Lipinski definition) is 1. The number of nitrogens with one attached hydrogen (secondary N) is 1. The van der Waals surface area contributed by atoms with E-state index in [-0.39, 0.29) is 12.5 Å². The summed E-state index contributed by atoms with van der Waals surface area (Å²) in [6, 6.07) is 19.2. The highest BCUT2D eigenvalue weighted by Crippen LogP contribution is 2.26. The number of oxazole rings is 1. The van der Waals surface area contributed by atoms with E-state index in [1.165, 1.54) is 5.56 Å². The SMILES string of the molecule is Cc1ccc(-c2nc3cc(NC(=O)COc4cccc(C)c4C)ccc3o2)cc1. The second kappa shape index (κ2) is 7.80. The largest absolute Gasteiger partial charge is 0.483 e. The van der Waals surface area contributed by atoms with Crippen molar-refractivity contribution < 1.29 is 13.9 Å². The fourth-order valence-corrected chi connectivity index (χ4v) is 3.05. The van der Waals surface area contributed by atoms with Crippen LogP contribution < -0.4 is 10.1 Å². The predicted octanol–water partition coefficient (Wildman–Crippen LogP) is 5.44. The highest BCUT2D eigenvalue weighted by molar-refractivity contribution is 5.94. The zero-order valence-electron chi connectivity index (χ0n) is 16.7. The van der Waals surface area contributed by atoms with Crippen LogP contribution in [0.1, 0.15) is 16.7 Å². The summed E-state index contributed by atoms with van der Waals surface area (Å²) < 4.78 is 11.5. The first-order valence-corrected chi connectivity index (χ1v) is 9.46. The molecule has 1 N–H and O–H groups in total. The molecule has 1 amide bonds. The normalized spacial score (nSPS) is 10.9. The van der Waals surface area contributed by atoms with Crippen LogP contribution in [0.2, 0.25) is 0 Å². The standard InChI is InChI=1S/C24H22N2O3/c1-15-7-9-18(10-8-15)24-26-20-13-19(11-12-22(20)29-24)25-23(27)14-28-21-6-4-5-16(2)17(21)3/h4-13H,14H2,1-3H3,(H,25,27). The van der Waals surface area contributed by atoms with E-state index in [0.717, 1.165) is 22.4 Å². The molecule has 0 aliphatic heterocycles. The maximum atomic E-state index is 12.3. The van der Waals surface area contributed by atoms with Gasteiger partial charge in [0.1, 0.15) is 11.3 Å². The molecule has 0 atom stereocenters. The smallest absolute Gasteiger partial charge is 0.262 e. The number of fused-ring (bicyclic) bond motifs is 1. The van der Waals surface area contributed by atoms with E-state index in [9.17, 15) is 4.79 Å². The molecule has 0 fully saturated rings. The van der Waals surface area contributed by atoms with Crippen LogP contribution >= 0.6 is 0 Å². The number of amides is 1. The molecule has 4 aromatic rings. The summed E-state index contributed by atoms with van der Waals surface area (Å²) in [6.07, 6.45) is 0. The van der Waals surface area contributed by atoms with Crippen molar-refractivity contribution in [2.24, 2.45) is 0 Å². The van der Waals surface area contributed by atoms with Gasteiger partial charge in [-0.1, -0.05) is 29.8 Å². The zero-order valence-corrected chi connectivity index (χ0v) is 16.7. The summed E-state index contributed by atoms with van der Waals surface area (Å²) in [6.45, 7) is 5.97. The first-order chi connectivity index (χ1) is 14.0. The molecule has 0 bridgehead atoms. The van der Waals surface area contributed by atoms with Crippen LogP contribution in [-0.2, 0) is 4.79 Å². The molecule has 5 nitrogen and oxygen atoms in total. The molecule has 5 heteroatoms. The molecule has 0 saturated heterocycles. The van der Waals surface area contributed by atoms with Crippen LogP contribution in [0.3, 0.4) is 0 Å². The average Bonchev–Trinajstić information content (AvgIpc) is 3.13. The highest BCUT2D eigenvalue weighted by atomic mass is 16.5. The highest BCUT2D eigenvalue weighted by Gasteiger charge is 2.11. The summed E-state index contributed by atoms with van der Waals surface area (Å²) in [5.41, 5.74) is 6.27. The second-order valence-corrected chi connectivity index (χ2v) is 7.10. The van der Waals surface area contributed by atoms with Crippen molar-refractivity contribution in [2.45, 2.75) is 20.8 Å². The molecule has 1 heterocycles. The minimum atomic E-state index is -0.229. The molecule has 0 aliphatic rings. The number of ether oxygens (including phenoxy) is 1. The fraction of sp³-hybridized carbons (Fsp3) is 0.167. The molecule has 0 unspecified atom stereocenters. The minimum Gasteiger partial charge on any atom is -0.483 e. The van der Waals surface area contributed by atoms with Gasteiger partial charge in [-0.25, -0.2) is 4.98 Å². The van der Waals surface area contributed by atoms with E-state index in [4.69, 9.17) is 9.15 Å². The Morgan fingerprint density at radius 3 is 2.62 bits per heavy atom. The molecule has 0 radical (unpaired) electrons. The summed E-state index contributed by atoms with van der Waals surface area (Å²) in [5.74, 6) is 1.05. The number of nitrogens with zero attached hydrogens (tertiary/aromatic N) is 1. The van der Waals surface area contributed by atoms with Crippen LogP contribution in [0.25, 0.3) is 22.6 Å². The third-order valence-corrected chi connectivity index (χ3v) is 4.88. The van der Waals surface area contributed by atoms with Crippen molar-refractivity contribution >= 4 is 22.7 Å². The van der Waals surface area contributed by atoms with Crippen LogP contribution in [0.5, 0.6) is 5.75 Å². The summed E-state index contributed by atoms with van der Waals surface area (Å²) in [5, 5.41) is 2.85. The summed E-state index contributed by atoms with van der Waals surface area (Å²) in [4.78, 5) is 16.8. The number of aromatic nitrogens is 1. The van der Waals surface area contributed by atoms with E-state index in [2.05, 4.69) is 10.3 Å². The second-order valence-electron chi connectivity index (χ2n) is 7.10. The monoisotopic (exact) mass is 386 g/mol. The summed E-state index contributed by atoms with van der Waals surface area (Å²) >= 11 is 0. The molecular weight excluding hydrogens is 364 g/mol. The molecule has 0 spiro atoms. The number of aryl methyl sites for hydroxylation is 2. The van der Waals surface area contributed by atoms with Gasteiger partial charge in [0.15, 0.2) is 12.2 Å². The average molecular weight is 386 g/mol. The Kier molecular flexibility index (Phi) is 5.04. The van der Waals surface area contributed by atoms with Gasteiger partial charge in [-0.05, 0) is 68.3 Å². The third kappa shape index (κ3) is 4.14. The topological polar surface area (TPSA) is 64.4 Å².